The first kappa shape index (κ1) is 22.4. The molecule has 1 aliphatic rings. The van der Waals surface area contributed by atoms with Crippen LogP contribution in [0.4, 0.5) is 0 Å². The standard InChI is InChI=1S/C40H26N2/c1-4-12-30-25(9-1)17-18-26-19-20-27(21-33(26)30)34-24-35-38-22-28-10-2-7-15-36(28)41(38)39-23-29-11-3-8-16-37(29)42(39)40(35)32-14-6-5-13-31(32)34/h1-23,34H,24H2. The van der Waals surface area contributed by atoms with Crippen LogP contribution in [0.1, 0.15) is 22.6 Å². The average molecular weight is 535 g/mol. The molecule has 0 saturated carbocycles. The molecule has 0 aliphatic heterocycles. The molecule has 0 fully saturated rings. The molecule has 196 valence electrons. The minimum Gasteiger partial charge on any atom is -0.295 e. The number of hydrogen-bond acceptors (Lipinski definition) is 0. The number of fused-ring (bicyclic) bond motifs is 15. The van der Waals surface area contributed by atoms with Crippen molar-refractivity contribution in [2.45, 2.75) is 12.3 Å². The van der Waals surface area contributed by atoms with Crippen LogP contribution in [0.2, 0.25) is 0 Å². The summed E-state index contributed by atoms with van der Waals surface area (Å²) in [6, 6.07) is 51.9. The van der Waals surface area contributed by atoms with E-state index in [4.69, 9.17) is 0 Å². The highest BCUT2D eigenvalue weighted by molar-refractivity contribution is 6.08. The van der Waals surface area contributed by atoms with E-state index in [0.717, 1.165) is 6.42 Å². The summed E-state index contributed by atoms with van der Waals surface area (Å²) in [6.07, 6.45) is 0.949. The van der Waals surface area contributed by atoms with Gasteiger partial charge in [-0.2, -0.15) is 0 Å². The minimum absolute atomic E-state index is 0.262. The third kappa shape index (κ3) is 2.89. The first-order chi connectivity index (χ1) is 20.8. The van der Waals surface area contributed by atoms with Gasteiger partial charge in [-0.25, -0.2) is 0 Å². The second kappa shape index (κ2) is 8.11. The average Bonchev–Trinajstić information content (AvgIpc) is 3.63. The summed E-state index contributed by atoms with van der Waals surface area (Å²) in [5, 5.41) is 7.79. The van der Waals surface area contributed by atoms with Crippen molar-refractivity contribution < 1.29 is 0 Å². The van der Waals surface area contributed by atoms with E-state index < -0.39 is 0 Å². The van der Waals surface area contributed by atoms with Gasteiger partial charge in [0.2, 0.25) is 0 Å². The van der Waals surface area contributed by atoms with Crippen molar-refractivity contribution in [3.8, 4) is 11.3 Å². The van der Waals surface area contributed by atoms with Gasteiger partial charge in [0.1, 0.15) is 5.65 Å². The smallest absolute Gasteiger partial charge is 0.123 e. The fraction of sp³-hybridized carbons (Fsp3) is 0.0500. The molecule has 0 bridgehead atoms. The summed E-state index contributed by atoms with van der Waals surface area (Å²) < 4.78 is 5.01. The van der Waals surface area contributed by atoms with Crippen LogP contribution in [0.15, 0.2) is 140 Å². The van der Waals surface area contributed by atoms with Crippen molar-refractivity contribution in [3.05, 3.63) is 156 Å². The predicted octanol–water partition coefficient (Wildman–Crippen LogP) is 10.2. The topological polar surface area (TPSA) is 8.82 Å². The third-order valence-corrected chi connectivity index (χ3v) is 9.62. The van der Waals surface area contributed by atoms with Crippen molar-refractivity contribution in [1.29, 1.82) is 0 Å². The third-order valence-electron chi connectivity index (χ3n) is 9.62. The molecule has 2 nitrogen and oxygen atoms in total. The molecule has 3 heterocycles. The minimum atomic E-state index is 0.262. The van der Waals surface area contributed by atoms with Gasteiger partial charge in [-0.3, -0.25) is 8.80 Å². The Balaban J connectivity index is 1.33. The van der Waals surface area contributed by atoms with Gasteiger partial charge in [-0.15, -0.1) is 0 Å². The van der Waals surface area contributed by atoms with Crippen LogP contribution in [-0.4, -0.2) is 8.80 Å². The molecule has 0 spiro atoms. The van der Waals surface area contributed by atoms with Crippen LogP contribution in [0.5, 0.6) is 0 Å². The van der Waals surface area contributed by atoms with Gasteiger partial charge < -0.3 is 0 Å². The van der Waals surface area contributed by atoms with E-state index in [-0.39, 0.29) is 5.92 Å². The van der Waals surface area contributed by atoms with Gasteiger partial charge in [0.05, 0.1) is 22.2 Å². The molecule has 2 heteroatoms. The lowest BCUT2D eigenvalue weighted by molar-refractivity contribution is 0.788. The molecule has 3 aromatic heterocycles. The van der Waals surface area contributed by atoms with Crippen molar-refractivity contribution >= 4 is 54.5 Å². The number of hydrogen-bond donors (Lipinski definition) is 0. The molecule has 9 aromatic rings. The van der Waals surface area contributed by atoms with Gasteiger partial charge in [0.15, 0.2) is 0 Å². The molecule has 0 amide bonds. The zero-order valence-electron chi connectivity index (χ0n) is 23.0. The monoisotopic (exact) mass is 534 g/mol. The lowest BCUT2D eigenvalue weighted by Gasteiger charge is -2.30. The second-order valence-corrected chi connectivity index (χ2v) is 11.8. The zero-order chi connectivity index (χ0) is 27.4. The van der Waals surface area contributed by atoms with Gasteiger partial charge in [-0.1, -0.05) is 109 Å². The van der Waals surface area contributed by atoms with E-state index in [1.165, 1.54) is 82.5 Å². The van der Waals surface area contributed by atoms with Crippen LogP contribution in [-0.2, 0) is 6.42 Å². The van der Waals surface area contributed by atoms with E-state index >= 15 is 0 Å². The summed E-state index contributed by atoms with van der Waals surface area (Å²) in [5.74, 6) is 0.262. The van der Waals surface area contributed by atoms with E-state index in [9.17, 15) is 0 Å². The molecule has 1 unspecified atom stereocenters. The van der Waals surface area contributed by atoms with Crippen molar-refractivity contribution in [2.75, 3.05) is 0 Å². The predicted molar refractivity (Wildman–Crippen MR) is 176 cm³/mol. The molecule has 1 atom stereocenters. The zero-order valence-corrected chi connectivity index (χ0v) is 23.0. The number of para-hydroxylation sites is 2. The number of nitrogens with zero attached hydrogens (tertiary/aromatic N) is 2. The van der Waals surface area contributed by atoms with Crippen LogP contribution < -0.4 is 0 Å². The van der Waals surface area contributed by atoms with Crippen LogP contribution in [0, 0.1) is 0 Å². The Labute approximate surface area is 242 Å². The highest BCUT2D eigenvalue weighted by Crippen LogP contribution is 2.47. The van der Waals surface area contributed by atoms with Crippen molar-refractivity contribution in [1.82, 2.24) is 8.80 Å². The highest BCUT2D eigenvalue weighted by Gasteiger charge is 2.31. The molecule has 0 N–H and O–H groups in total. The normalized spacial score (nSPS) is 14.8. The van der Waals surface area contributed by atoms with Crippen molar-refractivity contribution in [2.24, 2.45) is 0 Å². The Bertz CT molecular complexity index is 2560. The summed E-state index contributed by atoms with van der Waals surface area (Å²) in [5.41, 5.74) is 11.9. The Kier molecular flexibility index (Phi) is 4.32. The van der Waals surface area contributed by atoms with Gasteiger partial charge >= 0.3 is 0 Å². The first-order valence-corrected chi connectivity index (χ1v) is 14.8. The Morgan fingerprint density at radius 1 is 0.476 bits per heavy atom. The van der Waals surface area contributed by atoms with Gasteiger partial charge in [0, 0.05) is 27.8 Å². The second-order valence-electron chi connectivity index (χ2n) is 11.8. The highest BCUT2D eigenvalue weighted by atomic mass is 15.1. The maximum Gasteiger partial charge on any atom is 0.123 e. The lowest BCUT2D eigenvalue weighted by Crippen LogP contribution is -2.17. The Hall–Kier alpha value is -5.34. The van der Waals surface area contributed by atoms with E-state index in [1.54, 1.807) is 0 Å². The first-order valence-electron chi connectivity index (χ1n) is 14.8. The maximum absolute atomic E-state index is 2.52. The van der Waals surface area contributed by atoms with E-state index in [0.29, 0.717) is 0 Å². The van der Waals surface area contributed by atoms with Gasteiger partial charge in [-0.05, 0) is 69.4 Å². The molecular formula is C40H26N2. The molecule has 0 saturated heterocycles. The summed E-state index contributed by atoms with van der Waals surface area (Å²) in [4.78, 5) is 0. The molecule has 0 radical (unpaired) electrons. The molecule has 6 aromatic carbocycles. The molecule has 42 heavy (non-hydrogen) atoms. The molecule has 10 rings (SSSR count). The number of aromatic nitrogens is 2. The van der Waals surface area contributed by atoms with Crippen molar-refractivity contribution in [3.63, 3.8) is 0 Å². The van der Waals surface area contributed by atoms with E-state index in [1.807, 2.05) is 0 Å². The summed E-state index contributed by atoms with van der Waals surface area (Å²) in [7, 11) is 0. The molecular weight excluding hydrogens is 508 g/mol. The fourth-order valence-electron chi connectivity index (χ4n) is 7.77. The summed E-state index contributed by atoms with van der Waals surface area (Å²) in [6.45, 7) is 0. The molecule has 1 aliphatic carbocycles. The van der Waals surface area contributed by atoms with Crippen LogP contribution >= 0.6 is 0 Å². The fourth-order valence-corrected chi connectivity index (χ4v) is 7.77. The SMILES string of the molecule is c1ccc2c(c1)-c1c(c3cc4ccccc4n3c3cc4ccccc4n13)CC2c1ccc2ccc3ccccc3c2c1. The number of benzene rings is 6. The lowest BCUT2D eigenvalue weighted by atomic mass is 9.76. The van der Waals surface area contributed by atoms with Crippen LogP contribution in [0.3, 0.4) is 0 Å². The Morgan fingerprint density at radius 3 is 1.98 bits per heavy atom. The number of rotatable bonds is 1. The maximum atomic E-state index is 2.52. The Morgan fingerprint density at radius 2 is 1.12 bits per heavy atom. The summed E-state index contributed by atoms with van der Waals surface area (Å²) >= 11 is 0. The largest absolute Gasteiger partial charge is 0.295 e. The van der Waals surface area contributed by atoms with E-state index in [2.05, 4.69) is 148 Å². The van der Waals surface area contributed by atoms with Crippen LogP contribution in [0.25, 0.3) is 65.8 Å². The van der Waals surface area contributed by atoms with Gasteiger partial charge in [0.25, 0.3) is 0 Å². The quantitative estimate of drug-likeness (QED) is 0.185.